The Labute approximate surface area is 162 Å². The van der Waals surface area contributed by atoms with Gasteiger partial charge in [-0.1, -0.05) is 23.5 Å². The Bertz CT molecular complexity index is 969. The predicted molar refractivity (Wildman–Crippen MR) is 109 cm³/mol. The third kappa shape index (κ3) is 4.38. The fraction of sp³-hybridized carbons (Fsp3) is 0.200. The van der Waals surface area contributed by atoms with Gasteiger partial charge < -0.3 is 20.1 Å². The number of nitrogens with one attached hydrogen (secondary N) is 2. The van der Waals surface area contributed by atoms with E-state index in [1.54, 1.807) is 32.4 Å². The van der Waals surface area contributed by atoms with Crippen LogP contribution in [0.4, 0.5) is 16.5 Å². The van der Waals surface area contributed by atoms with Gasteiger partial charge in [0.05, 0.1) is 25.6 Å². The van der Waals surface area contributed by atoms with Crippen LogP contribution < -0.4 is 20.1 Å². The van der Waals surface area contributed by atoms with Crippen molar-refractivity contribution in [3.63, 3.8) is 0 Å². The second kappa shape index (κ2) is 8.09. The molecule has 3 rings (SSSR count). The first kappa shape index (κ1) is 18.7. The van der Waals surface area contributed by atoms with E-state index in [2.05, 4.69) is 15.6 Å². The molecule has 1 heterocycles. The summed E-state index contributed by atoms with van der Waals surface area (Å²) in [6.07, 6.45) is 0. The van der Waals surface area contributed by atoms with Gasteiger partial charge in [0.25, 0.3) is 5.91 Å². The molecule has 0 aliphatic heterocycles. The van der Waals surface area contributed by atoms with Gasteiger partial charge in [-0.2, -0.15) is 0 Å². The molecule has 0 unspecified atom stereocenters. The number of amides is 1. The van der Waals surface area contributed by atoms with Gasteiger partial charge in [0.15, 0.2) is 5.13 Å². The quantitative estimate of drug-likeness (QED) is 0.641. The van der Waals surface area contributed by atoms with Crippen molar-refractivity contribution in [2.45, 2.75) is 13.8 Å². The second-order valence-corrected chi connectivity index (χ2v) is 6.95. The van der Waals surface area contributed by atoms with Crippen LogP contribution in [0.25, 0.3) is 0 Å². The Morgan fingerprint density at radius 2 is 1.89 bits per heavy atom. The molecule has 3 aromatic rings. The van der Waals surface area contributed by atoms with Crippen LogP contribution in [-0.2, 0) is 0 Å². The van der Waals surface area contributed by atoms with Gasteiger partial charge in [-0.3, -0.25) is 4.79 Å². The summed E-state index contributed by atoms with van der Waals surface area (Å²) < 4.78 is 10.5. The smallest absolute Gasteiger partial charge is 0.267 e. The summed E-state index contributed by atoms with van der Waals surface area (Å²) in [6.45, 7) is 3.84. The molecule has 7 heteroatoms. The summed E-state index contributed by atoms with van der Waals surface area (Å²) in [7, 11) is 3.13. The Morgan fingerprint density at radius 1 is 1.07 bits per heavy atom. The van der Waals surface area contributed by atoms with Crippen LogP contribution >= 0.6 is 11.3 Å². The van der Waals surface area contributed by atoms with Crippen molar-refractivity contribution in [3.05, 3.63) is 58.6 Å². The summed E-state index contributed by atoms with van der Waals surface area (Å²) in [6, 6.07) is 13.2. The first-order chi connectivity index (χ1) is 13.0. The number of hydrogen-bond donors (Lipinski definition) is 2. The van der Waals surface area contributed by atoms with Crippen LogP contribution in [-0.4, -0.2) is 25.1 Å². The van der Waals surface area contributed by atoms with Gasteiger partial charge in [-0.05, 0) is 43.7 Å². The summed E-state index contributed by atoms with van der Waals surface area (Å²) in [5.41, 5.74) is 3.29. The second-order valence-electron chi connectivity index (χ2n) is 5.95. The van der Waals surface area contributed by atoms with Gasteiger partial charge in [-0.15, -0.1) is 0 Å². The Kier molecular flexibility index (Phi) is 5.61. The molecule has 0 bridgehead atoms. The molecule has 0 aliphatic rings. The zero-order valence-electron chi connectivity index (χ0n) is 15.6. The number of methoxy groups -OCH3 is 2. The van der Waals surface area contributed by atoms with Crippen molar-refractivity contribution in [1.29, 1.82) is 0 Å². The zero-order valence-corrected chi connectivity index (χ0v) is 16.4. The fourth-order valence-corrected chi connectivity index (χ4v) is 3.48. The lowest BCUT2D eigenvalue weighted by molar-refractivity contribution is 0.102. The molecule has 0 aliphatic carbocycles. The van der Waals surface area contributed by atoms with Crippen LogP contribution in [0.15, 0.2) is 42.5 Å². The monoisotopic (exact) mass is 383 g/mol. The van der Waals surface area contributed by atoms with E-state index in [4.69, 9.17) is 9.47 Å². The number of rotatable bonds is 6. The number of anilines is 3. The number of aryl methyl sites for hydroxylation is 2. The summed E-state index contributed by atoms with van der Waals surface area (Å²) >= 11 is 1.30. The zero-order chi connectivity index (χ0) is 19.4. The topological polar surface area (TPSA) is 72.5 Å². The summed E-state index contributed by atoms with van der Waals surface area (Å²) in [5, 5.41) is 6.79. The maximum absolute atomic E-state index is 12.8. The highest BCUT2D eigenvalue weighted by Gasteiger charge is 2.17. The van der Waals surface area contributed by atoms with Gasteiger partial charge >= 0.3 is 0 Å². The van der Waals surface area contributed by atoms with Gasteiger partial charge in [0.2, 0.25) is 0 Å². The fourth-order valence-electron chi connectivity index (χ4n) is 2.60. The Hall–Kier alpha value is -3.06. The minimum atomic E-state index is -0.242. The summed E-state index contributed by atoms with van der Waals surface area (Å²) in [4.78, 5) is 17.8. The SMILES string of the molecule is COc1ccc(OC)c(NC(=O)c2sc(Nc3cccc(C)c3)nc2C)c1. The lowest BCUT2D eigenvalue weighted by Crippen LogP contribution is -2.12. The highest BCUT2D eigenvalue weighted by atomic mass is 32.1. The van der Waals surface area contributed by atoms with E-state index in [1.165, 1.54) is 11.3 Å². The van der Waals surface area contributed by atoms with Crippen LogP contribution in [0.5, 0.6) is 11.5 Å². The Balaban J connectivity index is 1.81. The molecule has 6 nitrogen and oxygen atoms in total. The molecule has 0 spiro atoms. The lowest BCUT2D eigenvalue weighted by Gasteiger charge is -2.11. The number of carbonyl (C=O) groups is 1. The van der Waals surface area contributed by atoms with E-state index in [1.807, 2.05) is 38.1 Å². The van der Waals surface area contributed by atoms with Crippen molar-refractivity contribution in [2.24, 2.45) is 0 Å². The maximum atomic E-state index is 12.8. The van der Waals surface area contributed by atoms with Gasteiger partial charge in [0, 0.05) is 11.8 Å². The molecule has 140 valence electrons. The number of hydrogen-bond acceptors (Lipinski definition) is 6. The van der Waals surface area contributed by atoms with Crippen molar-refractivity contribution in [2.75, 3.05) is 24.9 Å². The molecule has 0 radical (unpaired) electrons. The highest BCUT2D eigenvalue weighted by molar-refractivity contribution is 7.17. The number of thiazole rings is 1. The molecule has 1 aromatic heterocycles. The molecule has 2 N–H and O–H groups in total. The molecule has 0 saturated heterocycles. The third-order valence-corrected chi connectivity index (χ3v) is 5.00. The van der Waals surface area contributed by atoms with Crippen molar-refractivity contribution in [1.82, 2.24) is 4.98 Å². The first-order valence-corrected chi connectivity index (χ1v) is 9.16. The van der Waals surface area contributed by atoms with E-state index in [0.717, 1.165) is 11.3 Å². The summed E-state index contributed by atoms with van der Waals surface area (Å²) in [5.74, 6) is 0.951. The molecule has 0 saturated carbocycles. The molecule has 2 aromatic carbocycles. The van der Waals surface area contributed by atoms with Gasteiger partial charge in [0.1, 0.15) is 16.4 Å². The van der Waals surface area contributed by atoms with E-state index in [-0.39, 0.29) is 5.91 Å². The molecule has 0 atom stereocenters. The minimum absolute atomic E-state index is 0.242. The Morgan fingerprint density at radius 3 is 2.59 bits per heavy atom. The molecule has 1 amide bonds. The average Bonchev–Trinajstić information content (AvgIpc) is 3.01. The average molecular weight is 383 g/mol. The van der Waals surface area contributed by atoms with Crippen molar-refractivity contribution in [3.8, 4) is 11.5 Å². The molecule has 27 heavy (non-hydrogen) atoms. The maximum Gasteiger partial charge on any atom is 0.267 e. The van der Waals surface area contributed by atoms with E-state index in [0.29, 0.717) is 32.9 Å². The standard InChI is InChI=1S/C20H21N3O3S/c1-12-6-5-7-14(10-12)22-20-21-13(2)18(27-20)19(24)23-16-11-15(25-3)8-9-17(16)26-4/h5-11H,1-4H3,(H,21,22)(H,23,24). The minimum Gasteiger partial charge on any atom is -0.497 e. The van der Waals surface area contributed by atoms with Crippen LogP contribution in [0.3, 0.4) is 0 Å². The van der Waals surface area contributed by atoms with E-state index < -0.39 is 0 Å². The lowest BCUT2D eigenvalue weighted by atomic mass is 10.2. The van der Waals surface area contributed by atoms with Crippen molar-refractivity contribution >= 4 is 33.8 Å². The van der Waals surface area contributed by atoms with Crippen LogP contribution in [0.1, 0.15) is 20.9 Å². The molecule has 0 fully saturated rings. The van der Waals surface area contributed by atoms with Crippen LogP contribution in [0.2, 0.25) is 0 Å². The van der Waals surface area contributed by atoms with Crippen molar-refractivity contribution < 1.29 is 14.3 Å². The predicted octanol–water partition coefficient (Wildman–Crippen LogP) is 4.77. The third-order valence-electron chi connectivity index (χ3n) is 3.93. The van der Waals surface area contributed by atoms with E-state index in [9.17, 15) is 4.79 Å². The number of aromatic nitrogens is 1. The molecular formula is C20H21N3O3S. The highest BCUT2D eigenvalue weighted by Crippen LogP contribution is 2.31. The van der Waals surface area contributed by atoms with Crippen LogP contribution in [0, 0.1) is 13.8 Å². The molecular weight excluding hydrogens is 362 g/mol. The van der Waals surface area contributed by atoms with Gasteiger partial charge in [-0.25, -0.2) is 4.98 Å². The number of nitrogens with zero attached hydrogens (tertiary/aromatic N) is 1. The number of benzene rings is 2. The number of carbonyl (C=O) groups excluding carboxylic acids is 1. The largest absolute Gasteiger partial charge is 0.497 e. The normalized spacial score (nSPS) is 10.4. The van der Waals surface area contributed by atoms with E-state index >= 15 is 0 Å². The number of ether oxygens (including phenoxy) is 2. The first-order valence-electron chi connectivity index (χ1n) is 8.34.